The van der Waals surface area contributed by atoms with Crippen molar-refractivity contribution in [3.8, 4) is 12.1 Å². The number of hydrogen-bond donors (Lipinski definition) is 1. The van der Waals surface area contributed by atoms with E-state index in [2.05, 4.69) is 0 Å². The van der Waals surface area contributed by atoms with Crippen molar-refractivity contribution in [3.05, 3.63) is 22.5 Å². The van der Waals surface area contributed by atoms with E-state index in [0.717, 1.165) is 0 Å². The summed E-state index contributed by atoms with van der Waals surface area (Å²) in [5.41, 5.74) is 5.21. The van der Waals surface area contributed by atoms with Crippen LogP contribution in [-0.4, -0.2) is 12.2 Å². The van der Waals surface area contributed by atoms with Gasteiger partial charge in [-0.05, 0) is 11.5 Å². The monoisotopic (exact) mass is 223 g/mol. The number of nitrogens with two attached hydrogens (primary N) is 1. The molecular weight excluding hydrogens is 212 g/mol. The minimum atomic E-state index is -2.10. The number of halogens is 2. The van der Waals surface area contributed by atoms with E-state index in [9.17, 15) is 8.78 Å². The lowest BCUT2D eigenvalue weighted by Gasteiger charge is -2.26. The van der Waals surface area contributed by atoms with E-state index < -0.39 is 18.0 Å². The molecule has 2 unspecified atom stereocenters. The molecule has 3 nitrogen and oxygen atoms in total. The van der Waals surface area contributed by atoms with E-state index in [1.807, 2.05) is 0 Å². The molecule has 0 bridgehead atoms. The molecule has 2 atom stereocenters. The number of alkyl halides is 1. The first-order valence-corrected chi connectivity index (χ1v) is 4.79. The van der Waals surface area contributed by atoms with Crippen LogP contribution in [0.1, 0.15) is 13.8 Å². The molecule has 0 spiro atoms. The highest BCUT2D eigenvalue weighted by Gasteiger charge is 2.37. The first-order valence-electron chi connectivity index (χ1n) is 4.79. The highest BCUT2D eigenvalue weighted by Crippen LogP contribution is 2.35. The molecule has 5 heteroatoms. The predicted molar refractivity (Wildman–Crippen MR) is 54.1 cm³/mol. The van der Waals surface area contributed by atoms with Gasteiger partial charge in [-0.1, -0.05) is 13.8 Å². The van der Waals surface area contributed by atoms with Gasteiger partial charge in [0.1, 0.15) is 6.07 Å². The number of nitriles is 2. The number of rotatable bonds is 1. The fraction of sp³-hybridized carbons (Fsp3) is 0.455. The highest BCUT2D eigenvalue weighted by molar-refractivity contribution is 5.57. The van der Waals surface area contributed by atoms with Crippen LogP contribution in [0, 0.1) is 28.6 Å². The van der Waals surface area contributed by atoms with Crippen LogP contribution in [-0.2, 0) is 0 Å². The third-order valence-electron chi connectivity index (χ3n) is 2.50. The maximum absolute atomic E-state index is 13.5. The lowest BCUT2D eigenvalue weighted by molar-refractivity contribution is 0.291. The zero-order valence-electron chi connectivity index (χ0n) is 8.96. The molecule has 0 aromatic heterocycles. The lowest BCUT2D eigenvalue weighted by atomic mass is 9.81. The molecule has 0 aromatic rings. The molecule has 16 heavy (non-hydrogen) atoms. The Morgan fingerprint density at radius 3 is 2.25 bits per heavy atom. The van der Waals surface area contributed by atoms with E-state index >= 15 is 0 Å². The summed E-state index contributed by atoms with van der Waals surface area (Å²) in [7, 11) is 0. The second-order valence-corrected chi connectivity index (χ2v) is 3.86. The summed E-state index contributed by atoms with van der Waals surface area (Å²) >= 11 is 0. The largest absolute Gasteiger partial charge is 0.321 e. The van der Waals surface area contributed by atoms with Gasteiger partial charge in [-0.25, -0.2) is 8.78 Å². The number of nitrogens with zero attached hydrogens (tertiary/aromatic N) is 2. The molecule has 0 radical (unpaired) electrons. The van der Waals surface area contributed by atoms with Crippen LogP contribution < -0.4 is 5.73 Å². The van der Waals surface area contributed by atoms with Crippen molar-refractivity contribution in [1.29, 1.82) is 10.5 Å². The van der Waals surface area contributed by atoms with Crippen molar-refractivity contribution in [2.24, 2.45) is 11.7 Å². The fourth-order valence-electron chi connectivity index (χ4n) is 1.73. The van der Waals surface area contributed by atoms with Crippen LogP contribution in [0.5, 0.6) is 0 Å². The molecule has 84 valence electrons. The molecule has 1 aliphatic rings. The van der Waals surface area contributed by atoms with Crippen molar-refractivity contribution in [1.82, 2.24) is 0 Å². The quantitative estimate of drug-likeness (QED) is 0.737. The van der Waals surface area contributed by atoms with Crippen molar-refractivity contribution < 1.29 is 8.78 Å². The summed E-state index contributed by atoms with van der Waals surface area (Å²) in [5.74, 6) is -1.42. The summed E-state index contributed by atoms with van der Waals surface area (Å²) in [5, 5.41) is 17.7. The van der Waals surface area contributed by atoms with Crippen LogP contribution in [0.25, 0.3) is 0 Å². The molecule has 0 saturated carbocycles. The zero-order chi connectivity index (χ0) is 12.5. The topological polar surface area (TPSA) is 73.6 Å². The van der Waals surface area contributed by atoms with Gasteiger partial charge in [0.05, 0.1) is 23.3 Å². The van der Waals surface area contributed by atoms with Gasteiger partial charge in [-0.15, -0.1) is 0 Å². The predicted octanol–water partition coefficient (Wildman–Crippen LogP) is 1.89. The molecule has 2 N–H and O–H groups in total. The smallest absolute Gasteiger partial charge is 0.172 e. The van der Waals surface area contributed by atoms with Crippen molar-refractivity contribution in [2.75, 3.05) is 0 Å². The van der Waals surface area contributed by atoms with Crippen LogP contribution in [0.2, 0.25) is 0 Å². The Hall–Kier alpha value is -1.72. The third kappa shape index (κ3) is 1.70. The summed E-state index contributed by atoms with van der Waals surface area (Å²) in [6.07, 6.45) is -2.10. The molecule has 0 aliphatic heterocycles. The van der Waals surface area contributed by atoms with E-state index in [-0.39, 0.29) is 22.6 Å². The Morgan fingerprint density at radius 2 is 1.88 bits per heavy atom. The van der Waals surface area contributed by atoms with Gasteiger partial charge in [0.25, 0.3) is 0 Å². The SMILES string of the molecule is CC(C)C1=C(C#N)C(N)C(F)C(F)=C1C#N. The Morgan fingerprint density at radius 1 is 1.31 bits per heavy atom. The lowest BCUT2D eigenvalue weighted by Crippen LogP contribution is -2.38. The second-order valence-electron chi connectivity index (χ2n) is 3.86. The molecule has 1 rings (SSSR count). The van der Waals surface area contributed by atoms with Gasteiger partial charge in [0, 0.05) is 0 Å². The minimum absolute atomic E-state index is 0.0412. The highest BCUT2D eigenvalue weighted by atomic mass is 19.2. The third-order valence-corrected chi connectivity index (χ3v) is 2.50. The van der Waals surface area contributed by atoms with Crippen molar-refractivity contribution in [2.45, 2.75) is 26.1 Å². The minimum Gasteiger partial charge on any atom is -0.321 e. The fourth-order valence-corrected chi connectivity index (χ4v) is 1.73. The number of hydrogen-bond acceptors (Lipinski definition) is 3. The summed E-state index contributed by atoms with van der Waals surface area (Å²) in [4.78, 5) is 0. The normalized spacial score (nSPS) is 25.8. The van der Waals surface area contributed by atoms with Gasteiger partial charge in [-0.3, -0.25) is 0 Å². The molecular formula is C11H11F2N3. The van der Waals surface area contributed by atoms with Gasteiger partial charge in [0.15, 0.2) is 12.0 Å². The van der Waals surface area contributed by atoms with Crippen LogP contribution in [0.4, 0.5) is 8.78 Å². The van der Waals surface area contributed by atoms with E-state index in [1.54, 1.807) is 26.0 Å². The maximum atomic E-state index is 13.5. The van der Waals surface area contributed by atoms with E-state index in [0.29, 0.717) is 0 Å². The summed E-state index contributed by atoms with van der Waals surface area (Å²) < 4.78 is 26.9. The van der Waals surface area contributed by atoms with Crippen LogP contribution in [0.15, 0.2) is 22.5 Å². The van der Waals surface area contributed by atoms with Gasteiger partial charge in [0.2, 0.25) is 0 Å². The second kappa shape index (κ2) is 4.42. The maximum Gasteiger partial charge on any atom is 0.172 e. The van der Waals surface area contributed by atoms with Crippen molar-refractivity contribution >= 4 is 0 Å². The Labute approximate surface area is 92.5 Å². The Kier molecular flexibility index (Phi) is 3.41. The molecule has 0 saturated heterocycles. The van der Waals surface area contributed by atoms with E-state index in [4.69, 9.17) is 16.3 Å². The van der Waals surface area contributed by atoms with Crippen LogP contribution in [0.3, 0.4) is 0 Å². The Bertz CT molecular complexity index is 449. The molecule has 0 heterocycles. The zero-order valence-corrected chi connectivity index (χ0v) is 8.96. The van der Waals surface area contributed by atoms with Gasteiger partial charge < -0.3 is 5.73 Å². The molecule has 0 aromatic carbocycles. The van der Waals surface area contributed by atoms with E-state index in [1.165, 1.54) is 0 Å². The first-order chi connectivity index (χ1) is 7.45. The molecule has 0 amide bonds. The average Bonchev–Trinajstić information content (AvgIpc) is 2.25. The standard InChI is InChI=1S/C11H11F2N3/c1-5(2)8-6(3-14)9(12)10(13)11(16)7(8)4-15/h5,10-11H,16H2,1-2H3. The molecule has 0 fully saturated rings. The van der Waals surface area contributed by atoms with Crippen LogP contribution >= 0.6 is 0 Å². The Balaban J connectivity index is 3.52. The van der Waals surface area contributed by atoms with Crippen molar-refractivity contribution in [3.63, 3.8) is 0 Å². The average molecular weight is 223 g/mol. The summed E-state index contributed by atoms with van der Waals surface area (Å²) in [6.45, 7) is 3.39. The molecule has 1 aliphatic carbocycles. The number of allylic oxidation sites excluding steroid dienone is 2. The van der Waals surface area contributed by atoms with Gasteiger partial charge in [-0.2, -0.15) is 10.5 Å². The summed E-state index contributed by atoms with van der Waals surface area (Å²) in [6, 6.07) is 2.04. The van der Waals surface area contributed by atoms with Gasteiger partial charge >= 0.3 is 0 Å². The first kappa shape index (κ1) is 12.4.